The molecule has 0 fully saturated rings. The lowest BCUT2D eigenvalue weighted by Gasteiger charge is -2.17. The number of ether oxygens (including phenoxy) is 1. The Morgan fingerprint density at radius 1 is 1.47 bits per heavy atom. The molecule has 4 heteroatoms. The second-order valence-corrected chi connectivity index (χ2v) is 4.31. The van der Waals surface area contributed by atoms with Crippen molar-refractivity contribution in [1.29, 1.82) is 0 Å². The van der Waals surface area contributed by atoms with Crippen LogP contribution in [0.15, 0.2) is 24.3 Å². The zero-order valence-corrected chi connectivity index (χ0v) is 11.0. The van der Waals surface area contributed by atoms with Crippen molar-refractivity contribution in [2.45, 2.75) is 19.8 Å². The van der Waals surface area contributed by atoms with Crippen LogP contribution in [0.1, 0.15) is 19.8 Å². The van der Waals surface area contributed by atoms with Gasteiger partial charge in [0, 0.05) is 18.5 Å². The lowest BCUT2D eigenvalue weighted by atomic mass is 10.3. The van der Waals surface area contributed by atoms with Crippen molar-refractivity contribution in [3.8, 4) is 5.75 Å². The molecule has 1 rings (SSSR count). The van der Waals surface area contributed by atoms with Crippen molar-refractivity contribution in [2.24, 2.45) is 0 Å². The molecule has 94 valence electrons. The second kappa shape index (κ2) is 7.17. The molecule has 0 saturated heterocycles. The standard InChI is InChI=1S/C13H18ClNO2/c1-3-5-13(16)15(2)8-9-17-12-7-4-6-11(14)10-12/h4,6-7,10H,3,5,8-9H2,1-2H3. The average molecular weight is 256 g/mol. The summed E-state index contributed by atoms with van der Waals surface area (Å²) < 4.78 is 5.51. The molecule has 0 aliphatic carbocycles. The Morgan fingerprint density at radius 2 is 2.24 bits per heavy atom. The van der Waals surface area contributed by atoms with Gasteiger partial charge in [0.05, 0.1) is 6.54 Å². The largest absolute Gasteiger partial charge is 0.492 e. The minimum absolute atomic E-state index is 0.155. The third-order valence-electron chi connectivity index (χ3n) is 2.38. The van der Waals surface area contributed by atoms with E-state index in [2.05, 4.69) is 0 Å². The first-order valence-corrected chi connectivity index (χ1v) is 6.13. The molecule has 17 heavy (non-hydrogen) atoms. The van der Waals surface area contributed by atoms with Gasteiger partial charge in [-0.25, -0.2) is 0 Å². The number of hydrogen-bond donors (Lipinski definition) is 0. The average Bonchev–Trinajstić information content (AvgIpc) is 2.29. The van der Waals surface area contributed by atoms with Crippen molar-refractivity contribution in [1.82, 2.24) is 4.90 Å². The topological polar surface area (TPSA) is 29.5 Å². The molecule has 0 aromatic heterocycles. The molecule has 0 aliphatic heterocycles. The Morgan fingerprint density at radius 3 is 2.88 bits per heavy atom. The number of carbonyl (C=O) groups is 1. The van der Waals surface area contributed by atoms with Crippen LogP contribution < -0.4 is 4.74 Å². The minimum Gasteiger partial charge on any atom is -0.492 e. The smallest absolute Gasteiger partial charge is 0.222 e. The summed E-state index contributed by atoms with van der Waals surface area (Å²) >= 11 is 5.83. The number of benzene rings is 1. The molecule has 0 N–H and O–H groups in total. The molecule has 0 spiro atoms. The highest BCUT2D eigenvalue weighted by Crippen LogP contribution is 2.16. The van der Waals surface area contributed by atoms with Crippen molar-refractivity contribution in [2.75, 3.05) is 20.2 Å². The second-order valence-electron chi connectivity index (χ2n) is 3.87. The van der Waals surface area contributed by atoms with Crippen LogP contribution in [0.3, 0.4) is 0 Å². The fraction of sp³-hybridized carbons (Fsp3) is 0.462. The third-order valence-corrected chi connectivity index (χ3v) is 2.62. The summed E-state index contributed by atoms with van der Waals surface area (Å²) in [6, 6.07) is 7.24. The van der Waals surface area contributed by atoms with E-state index in [0.717, 1.165) is 12.2 Å². The van der Waals surface area contributed by atoms with E-state index in [1.165, 1.54) is 0 Å². The first-order chi connectivity index (χ1) is 8.13. The number of halogens is 1. The summed E-state index contributed by atoms with van der Waals surface area (Å²) in [5.74, 6) is 0.885. The van der Waals surface area contributed by atoms with Crippen LogP contribution in [-0.2, 0) is 4.79 Å². The highest BCUT2D eigenvalue weighted by atomic mass is 35.5. The van der Waals surface area contributed by atoms with E-state index >= 15 is 0 Å². The van der Waals surface area contributed by atoms with Crippen LogP contribution >= 0.6 is 11.6 Å². The first-order valence-electron chi connectivity index (χ1n) is 5.75. The van der Waals surface area contributed by atoms with E-state index in [1.807, 2.05) is 19.1 Å². The Bertz CT molecular complexity index is 368. The zero-order valence-electron chi connectivity index (χ0n) is 10.3. The monoisotopic (exact) mass is 255 g/mol. The normalized spacial score (nSPS) is 10.1. The Balaban J connectivity index is 2.30. The van der Waals surface area contributed by atoms with E-state index in [4.69, 9.17) is 16.3 Å². The number of carbonyl (C=O) groups excluding carboxylic acids is 1. The molecule has 0 bridgehead atoms. The lowest BCUT2D eigenvalue weighted by molar-refractivity contribution is -0.130. The van der Waals surface area contributed by atoms with Gasteiger partial charge in [0.1, 0.15) is 12.4 Å². The van der Waals surface area contributed by atoms with Gasteiger partial charge in [-0.3, -0.25) is 4.79 Å². The lowest BCUT2D eigenvalue weighted by Crippen LogP contribution is -2.30. The van der Waals surface area contributed by atoms with E-state index < -0.39 is 0 Å². The maximum Gasteiger partial charge on any atom is 0.222 e. The van der Waals surface area contributed by atoms with Gasteiger partial charge in [-0.2, -0.15) is 0 Å². The van der Waals surface area contributed by atoms with E-state index in [1.54, 1.807) is 24.1 Å². The maximum absolute atomic E-state index is 11.5. The number of amides is 1. The van der Waals surface area contributed by atoms with E-state index in [0.29, 0.717) is 24.6 Å². The Labute approximate surface area is 107 Å². The molecule has 1 aromatic carbocycles. The zero-order chi connectivity index (χ0) is 12.7. The molecule has 0 heterocycles. The van der Waals surface area contributed by atoms with Crippen molar-refractivity contribution in [3.05, 3.63) is 29.3 Å². The van der Waals surface area contributed by atoms with Gasteiger partial charge >= 0.3 is 0 Å². The van der Waals surface area contributed by atoms with Crippen LogP contribution in [0, 0.1) is 0 Å². The van der Waals surface area contributed by atoms with Gasteiger partial charge in [-0.1, -0.05) is 24.6 Å². The van der Waals surface area contributed by atoms with E-state index in [-0.39, 0.29) is 5.91 Å². The van der Waals surface area contributed by atoms with Crippen LogP contribution in [0.5, 0.6) is 5.75 Å². The molecular weight excluding hydrogens is 238 g/mol. The van der Waals surface area contributed by atoms with Gasteiger partial charge in [0.2, 0.25) is 5.91 Å². The summed E-state index contributed by atoms with van der Waals surface area (Å²) in [6.45, 7) is 3.06. The Hall–Kier alpha value is -1.22. The Kier molecular flexibility index (Phi) is 5.84. The van der Waals surface area contributed by atoms with E-state index in [9.17, 15) is 4.79 Å². The fourth-order valence-corrected chi connectivity index (χ4v) is 1.57. The highest BCUT2D eigenvalue weighted by molar-refractivity contribution is 6.30. The predicted octanol–water partition coefficient (Wildman–Crippen LogP) is 2.98. The SMILES string of the molecule is CCCC(=O)N(C)CCOc1cccc(Cl)c1. The molecule has 3 nitrogen and oxygen atoms in total. The molecule has 0 saturated carbocycles. The van der Waals surface area contributed by atoms with Crippen LogP contribution in [0.25, 0.3) is 0 Å². The van der Waals surface area contributed by atoms with Gasteiger partial charge in [0.15, 0.2) is 0 Å². The number of rotatable bonds is 6. The van der Waals surface area contributed by atoms with Gasteiger partial charge in [-0.15, -0.1) is 0 Å². The maximum atomic E-state index is 11.5. The summed E-state index contributed by atoms with van der Waals surface area (Å²) in [7, 11) is 1.79. The predicted molar refractivity (Wildman–Crippen MR) is 69.5 cm³/mol. The number of likely N-dealkylation sites (N-methyl/N-ethyl adjacent to an activating group) is 1. The summed E-state index contributed by atoms with van der Waals surface area (Å²) in [4.78, 5) is 13.2. The van der Waals surface area contributed by atoms with Crippen LogP contribution in [0.2, 0.25) is 5.02 Å². The van der Waals surface area contributed by atoms with Crippen LogP contribution in [0.4, 0.5) is 0 Å². The number of nitrogens with zero attached hydrogens (tertiary/aromatic N) is 1. The summed E-state index contributed by atoms with van der Waals surface area (Å²) in [5.41, 5.74) is 0. The molecule has 0 unspecified atom stereocenters. The fourth-order valence-electron chi connectivity index (χ4n) is 1.39. The minimum atomic E-state index is 0.155. The number of hydrogen-bond acceptors (Lipinski definition) is 2. The molecule has 0 radical (unpaired) electrons. The van der Waals surface area contributed by atoms with Crippen molar-refractivity contribution in [3.63, 3.8) is 0 Å². The molecule has 1 amide bonds. The summed E-state index contributed by atoms with van der Waals surface area (Å²) in [6.07, 6.45) is 1.46. The van der Waals surface area contributed by atoms with Crippen LogP contribution in [-0.4, -0.2) is 31.0 Å². The summed E-state index contributed by atoms with van der Waals surface area (Å²) in [5, 5.41) is 0.651. The van der Waals surface area contributed by atoms with Gasteiger partial charge < -0.3 is 9.64 Å². The molecule has 0 aliphatic rings. The third kappa shape index (κ3) is 5.09. The van der Waals surface area contributed by atoms with Gasteiger partial charge in [-0.05, 0) is 24.6 Å². The quantitative estimate of drug-likeness (QED) is 0.782. The van der Waals surface area contributed by atoms with Crippen molar-refractivity contribution >= 4 is 17.5 Å². The first kappa shape index (κ1) is 13.8. The van der Waals surface area contributed by atoms with Gasteiger partial charge in [0.25, 0.3) is 0 Å². The molecular formula is C13H18ClNO2. The molecule has 1 aromatic rings. The highest BCUT2D eigenvalue weighted by Gasteiger charge is 2.06. The van der Waals surface area contributed by atoms with Crippen molar-refractivity contribution < 1.29 is 9.53 Å². The molecule has 0 atom stereocenters.